The molecule has 0 saturated carbocycles. The molecule has 4 nitrogen and oxygen atoms in total. The number of nitrogens with one attached hydrogen (secondary N) is 1. The van der Waals surface area contributed by atoms with Crippen LogP contribution >= 0.6 is 0 Å². The van der Waals surface area contributed by atoms with Crippen molar-refractivity contribution in [3.8, 4) is 6.07 Å². The minimum atomic E-state index is -0.521. The molecule has 0 unspecified atom stereocenters. The lowest BCUT2D eigenvalue weighted by molar-refractivity contribution is 0.624. The molecule has 0 atom stereocenters. The van der Waals surface area contributed by atoms with Gasteiger partial charge in [0.2, 0.25) is 0 Å². The van der Waals surface area contributed by atoms with Gasteiger partial charge in [-0.05, 0) is 24.3 Å². The van der Waals surface area contributed by atoms with Crippen LogP contribution in [0.4, 0.5) is 10.1 Å². The molecular formula is C16H13FN4. The third kappa shape index (κ3) is 2.32. The van der Waals surface area contributed by atoms with Gasteiger partial charge in [0.25, 0.3) is 0 Å². The predicted octanol–water partition coefficient (Wildman–Crippen LogP) is 3.20. The molecule has 2 aromatic carbocycles. The van der Waals surface area contributed by atoms with Crippen LogP contribution in [0.3, 0.4) is 0 Å². The summed E-state index contributed by atoms with van der Waals surface area (Å²) in [4.78, 5) is 4.53. The summed E-state index contributed by atoms with van der Waals surface area (Å²) in [5.41, 5.74) is 2.45. The SMILES string of the molecule is Cn1c(CNc2cccc(F)c2C#N)nc2ccccc21. The highest BCUT2D eigenvalue weighted by Crippen LogP contribution is 2.20. The zero-order chi connectivity index (χ0) is 14.8. The molecule has 0 bridgehead atoms. The summed E-state index contributed by atoms with van der Waals surface area (Å²) in [5.74, 6) is 0.303. The lowest BCUT2D eigenvalue weighted by atomic mass is 10.2. The molecule has 3 rings (SSSR count). The third-order valence-corrected chi connectivity index (χ3v) is 3.44. The molecule has 0 aliphatic heterocycles. The van der Waals surface area contributed by atoms with Gasteiger partial charge in [0.15, 0.2) is 0 Å². The van der Waals surface area contributed by atoms with E-state index in [1.54, 1.807) is 12.1 Å². The van der Waals surface area contributed by atoms with Crippen molar-refractivity contribution in [3.05, 3.63) is 59.7 Å². The number of aryl methyl sites for hydroxylation is 1. The summed E-state index contributed by atoms with van der Waals surface area (Å²) in [7, 11) is 1.93. The topological polar surface area (TPSA) is 53.6 Å². The number of anilines is 1. The zero-order valence-corrected chi connectivity index (χ0v) is 11.5. The number of imidazole rings is 1. The van der Waals surface area contributed by atoms with Crippen LogP contribution < -0.4 is 5.32 Å². The van der Waals surface area contributed by atoms with Crippen LogP contribution in [0.25, 0.3) is 11.0 Å². The molecule has 0 radical (unpaired) electrons. The first-order valence-electron chi connectivity index (χ1n) is 6.53. The van der Waals surface area contributed by atoms with E-state index < -0.39 is 5.82 Å². The molecule has 3 aromatic rings. The summed E-state index contributed by atoms with van der Waals surface area (Å²) >= 11 is 0. The molecule has 0 spiro atoms. The van der Waals surface area contributed by atoms with Gasteiger partial charge in [-0.25, -0.2) is 9.37 Å². The Labute approximate surface area is 121 Å². The lowest BCUT2D eigenvalue weighted by Crippen LogP contribution is -2.07. The maximum atomic E-state index is 13.5. The van der Waals surface area contributed by atoms with E-state index in [9.17, 15) is 4.39 Å². The van der Waals surface area contributed by atoms with Crippen molar-refractivity contribution in [3.63, 3.8) is 0 Å². The first-order valence-corrected chi connectivity index (χ1v) is 6.53. The summed E-state index contributed by atoms with van der Waals surface area (Å²) in [6.07, 6.45) is 0. The van der Waals surface area contributed by atoms with E-state index >= 15 is 0 Å². The fourth-order valence-corrected chi connectivity index (χ4v) is 2.31. The van der Waals surface area contributed by atoms with Gasteiger partial charge < -0.3 is 9.88 Å². The number of aromatic nitrogens is 2. The molecule has 0 fully saturated rings. The van der Waals surface area contributed by atoms with Crippen LogP contribution in [0.1, 0.15) is 11.4 Å². The summed E-state index contributed by atoms with van der Waals surface area (Å²) in [6, 6.07) is 14.3. The number of nitrogens with zero attached hydrogens (tertiary/aromatic N) is 3. The third-order valence-electron chi connectivity index (χ3n) is 3.44. The minimum absolute atomic E-state index is 0.0243. The molecule has 1 heterocycles. The Morgan fingerprint density at radius 2 is 2.05 bits per heavy atom. The largest absolute Gasteiger partial charge is 0.377 e. The smallest absolute Gasteiger partial charge is 0.143 e. The number of hydrogen-bond acceptors (Lipinski definition) is 3. The molecule has 0 aliphatic rings. The van der Waals surface area contributed by atoms with Gasteiger partial charge in [-0.1, -0.05) is 18.2 Å². The first kappa shape index (κ1) is 13.1. The second-order valence-electron chi connectivity index (χ2n) is 4.70. The maximum Gasteiger partial charge on any atom is 0.143 e. The fourth-order valence-electron chi connectivity index (χ4n) is 2.31. The maximum absolute atomic E-state index is 13.5. The van der Waals surface area contributed by atoms with Crippen molar-refractivity contribution < 1.29 is 4.39 Å². The number of benzene rings is 2. The van der Waals surface area contributed by atoms with Crippen molar-refractivity contribution in [2.75, 3.05) is 5.32 Å². The molecule has 5 heteroatoms. The number of hydrogen-bond donors (Lipinski definition) is 1. The number of nitriles is 1. The van der Waals surface area contributed by atoms with Gasteiger partial charge in [0.05, 0.1) is 23.3 Å². The van der Waals surface area contributed by atoms with E-state index in [0.29, 0.717) is 12.2 Å². The van der Waals surface area contributed by atoms with E-state index in [0.717, 1.165) is 16.9 Å². The van der Waals surface area contributed by atoms with E-state index in [4.69, 9.17) is 5.26 Å². The Morgan fingerprint density at radius 3 is 2.81 bits per heavy atom. The number of rotatable bonds is 3. The van der Waals surface area contributed by atoms with Crippen molar-refractivity contribution in [2.24, 2.45) is 7.05 Å². The highest BCUT2D eigenvalue weighted by Gasteiger charge is 2.10. The van der Waals surface area contributed by atoms with E-state index in [1.165, 1.54) is 6.07 Å². The van der Waals surface area contributed by atoms with Gasteiger partial charge in [-0.3, -0.25) is 0 Å². The van der Waals surface area contributed by atoms with Gasteiger partial charge in [-0.2, -0.15) is 5.26 Å². The molecule has 104 valence electrons. The van der Waals surface area contributed by atoms with Crippen LogP contribution in [-0.2, 0) is 13.6 Å². The normalized spacial score (nSPS) is 10.5. The minimum Gasteiger partial charge on any atom is -0.377 e. The number of halogens is 1. The Morgan fingerprint density at radius 1 is 1.24 bits per heavy atom. The van der Waals surface area contributed by atoms with Crippen molar-refractivity contribution in [2.45, 2.75) is 6.54 Å². The van der Waals surface area contributed by atoms with Gasteiger partial charge in [0.1, 0.15) is 23.3 Å². The Balaban J connectivity index is 1.89. The molecule has 0 aliphatic carbocycles. The van der Waals surface area contributed by atoms with E-state index in [1.807, 2.05) is 41.9 Å². The van der Waals surface area contributed by atoms with Crippen LogP contribution in [0.2, 0.25) is 0 Å². The second-order valence-corrected chi connectivity index (χ2v) is 4.70. The van der Waals surface area contributed by atoms with Crippen LogP contribution in [0, 0.1) is 17.1 Å². The average molecular weight is 280 g/mol. The van der Waals surface area contributed by atoms with Crippen LogP contribution in [0.15, 0.2) is 42.5 Å². The molecule has 1 N–H and O–H groups in total. The molecular weight excluding hydrogens is 267 g/mol. The Hall–Kier alpha value is -2.87. The average Bonchev–Trinajstić information content (AvgIpc) is 2.82. The van der Waals surface area contributed by atoms with Gasteiger partial charge in [-0.15, -0.1) is 0 Å². The van der Waals surface area contributed by atoms with Crippen molar-refractivity contribution >= 4 is 16.7 Å². The lowest BCUT2D eigenvalue weighted by Gasteiger charge is -2.08. The highest BCUT2D eigenvalue weighted by molar-refractivity contribution is 5.75. The van der Waals surface area contributed by atoms with Crippen molar-refractivity contribution in [1.82, 2.24) is 9.55 Å². The fraction of sp³-hybridized carbons (Fsp3) is 0.125. The summed E-state index contributed by atoms with van der Waals surface area (Å²) < 4.78 is 15.5. The van der Waals surface area contributed by atoms with Gasteiger partial charge in [0, 0.05) is 7.05 Å². The highest BCUT2D eigenvalue weighted by atomic mass is 19.1. The van der Waals surface area contributed by atoms with Crippen LogP contribution in [0.5, 0.6) is 0 Å². The summed E-state index contributed by atoms with van der Waals surface area (Å²) in [6.45, 7) is 0.420. The molecule has 0 saturated heterocycles. The first-order chi connectivity index (χ1) is 10.2. The van der Waals surface area contributed by atoms with Crippen LogP contribution in [-0.4, -0.2) is 9.55 Å². The monoisotopic (exact) mass is 280 g/mol. The second kappa shape index (κ2) is 5.25. The Bertz CT molecular complexity index is 845. The van der Waals surface area contributed by atoms with Crippen molar-refractivity contribution in [1.29, 1.82) is 5.26 Å². The zero-order valence-electron chi connectivity index (χ0n) is 11.5. The molecule has 21 heavy (non-hydrogen) atoms. The van der Waals surface area contributed by atoms with Gasteiger partial charge >= 0.3 is 0 Å². The summed E-state index contributed by atoms with van der Waals surface area (Å²) in [5, 5.41) is 12.1. The number of para-hydroxylation sites is 2. The molecule has 1 aromatic heterocycles. The Kier molecular flexibility index (Phi) is 3.28. The van der Waals surface area contributed by atoms with E-state index in [2.05, 4.69) is 10.3 Å². The molecule has 0 amide bonds. The quantitative estimate of drug-likeness (QED) is 0.801. The number of fused-ring (bicyclic) bond motifs is 1. The van der Waals surface area contributed by atoms with E-state index in [-0.39, 0.29) is 5.56 Å². The predicted molar refractivity (Wildman–Crippen MR) is 79.2 cm³/mol. The standard InChI is InChI=1S/C16H13FN4/c1-21-15-8-3-2-6-14(15)20-16(21)10-19-13-7-4-5-12(17)11(13)9-18/h2-8,19H,10H2,1H3.